The zero-order chi connectivity index (χ0) is 21.8. The van der Waals surface area contributed by atoms with Gasteiger partial charge >= 0.3 is 12.1 Å². The topological polar surface area (TPSA) is 84.8 Å². The van der Waals surface area contributed by atoms with E-state index in [4.69, 9.17) is 19.4 Å². The number of halogens is 3. The lowest BCUT2D eigenvalue weighted by atomic mass is 9.66. The number of anilines is 1. The van der Waals surface area contributed by atoms with Gasteiger partial charge in [0.1, 0.15) is 5.01 Å². The summed E-state index contributed by atoms with van der Waals surface area (Å²) in [5, 5.41) is 17.7. The van der Waals surface area contributed by atoms with Crippen molar-refractivity contribution in [3.63, 3.8) is 0 Å². The molecule has 0 radical (unpaired) electrons. The maximum Gasteiger partial charge on any atom is 0.490 e. The zero-order valence-electron chi connectivity index (χ0n) is 17.0. The second-order valence-electron chi connectivity index (χ2n) is 8.26. The molecule has 2 aliphatic heterocycles. The Morgan fingerprint density at radius 1 is 1.27 bits per heavy atom. The average Bonchev–Trinajstić information content (AvgIpc) is 3.42. The van der Waals surface area contributed by atoms with E-state index in [2.05, 4.69) is 15.1 Å². The molecule has 1 unspecified atom stereocenters. The van der Waals surface area contributed by atoms with Crippen molar-refractivity contribution >= 4 is 22.4 Å². The third kappa shape index (κ3) is 6.27. The number of aliphatic carboxylic acids is 1. The van der Waals surface area contributed by atoms with Crippen molar-refractivity contribution in [1.82, 2.24) is 10.2 Å². The molecule has 1 aromatic heterocycles. The van der Waals surface area contributed by atoms with Crippen LogP contribution in [0.1, 0.15) is 37.1 Å². The van der Waals surface area contributed by atoms with Crippen LogP contribution in [-0.2, 0) is 14.3 Å². The van der Waals surface area contributed by atoms with E-state index in [1.807, 2.05) is 6.92 Å². The Hall–Kier alpha value is -1.46. The zero-order valence-corrected chi connectivity index (χ0v) is 17.8. The van der Waals surface area contributed by atoms with Gasteiger partial charge in [0.15, 0.2) is 0 Å². The molecule has 1 aliphatic carbocycles. The Morgan fingerprint density at radius 3 is 2.47 bits per heavy atom. The second-order valence-corrected chi connectivity index (χ2v) is 9.42. The van der Waals surface area contributed by atoms with Gasteiger partial charge in [-0.1, -0.05) is 11.3 Å². The Balaban J connectivity index is 0.000000318. The second kappa shape index (κ2) is 9.78. The third-order valence-corrected chi connectivity index (χ3v) is 6.99. The minimum Gasteiger partial charge on any atom is -0.475 e. The molecule has 1 aromatic rings. The van der Waals surface area contributed by atoms with Crippen LogP contribution in [0.5, 0.6) is 0 Å². The fourth-order valence-corrected chi connectivity index (χ4v) is 4.72. The van der Waals surface area contributed by atoms with E-state index in [1.165, 1.54) is 32.1 Å². The lowest BCUT2D eigenvalue weighted by Crippen LogP contribution is -2.49. The molecule has 0 bridgehead atoms. The fourth-order valence-electron chi connectivity index (χ4n) is 3.98. The number of carbonyl (C=O) groups is 1. The summed E-state index contributed by atoms with van der Waals surface area (Å²) in [6, 6.07) is 0. The van der Waals surface area contributed by atoms with Gasteiger partial charge in [-0.15, -0.1) is 10.2 Å². The van der Waals surface area contributed by atoms with E-state index in [0.29, 0.717) is 11.3 Å². The van der Waals surface area contributed by atoms with Crippen molar-refractivity contribution in [2.75, 3.05) is 44.4 Å². The maximum atomic E-state index is 10.6. The number of aromatic nitrogens is 2. The molecule has 11 heteroatoms. The molecular weight excluding hydrogens is 423 g/mol. The lowest BCUT2D eigenvalue weighted by Gasteiger charge is -2.48. The van der Waals surface area contributed by atoms with Crippen molar-refractivity contribution in [3.05, 3.63) is 5.01 Å². The number of ether oxygens (including phenoxy) is 2. The summed E-state index contributed by atoms with van der Waals surface area (Å²) < 4.78 is 43.5. The van der Waals surface area contributed by atoms with Gasteiger partial charge in [-0.05, 0) is 50.4 Å². The van der Waals surface area contributed by atoms with Gasteiger partial charge in [0, 0.05) is 32.2 Å². The molecule has 3 heterocycles. The predicted octanol–water partition coefficient (Wildman–Crippen LogP) is 3.53. The van der Waals surface area contributed by atoms with Gasteiger partial charge in [0.05, 0.1) is 13.2 Å². The Kier molecular flexibility index (Phi) is 7.56. The average molecular weight is 452 g/mol. The molecule has 4 rings (SSSR count). The highest BCUT2D eigenvalue weighted by Crippen LogP contribution is 2.45. The summed E-state index contributed by atoms with van der Waals surface area (Å²) in [5.74, 6) is -1.35. The van der Waals surface area contributed by atoms with Crippen LogP contribution in [-0.4, -0.2) is 67.0 Å². The first kappa shape index (κ1) is 23.2. The highest BCUT2D eigenvalue weighted by molar-refractivity contribution is 7.15. The summed E-state index contributed by atoms with van der Waals surface area (Å²) >= 11 is 1.71. The normalized spacial score (nSPS) is 23.7. The predicted molar refractivity (Wildman–Crippen MR) is 105 cm³/mol. The van der Waals surface area contributed by atoms with E-state index in [9.17, 15) is 13.2 Å². The SMILES string of the molecule is Cc1nnc(N2CCC3(CCOCC3COCC3CC3)CC2)s1.O=C(O)C(F)(F)F. The first-order valence-electron chi connectivity index (χ1n) is 10.2. The fraction of sp³-hybridized carbons (Fsp3) is 0.842. The van der Waals surface area contributed by atoms with E-state index >= 15 is 0 Å². The Bertz CT molecular complexity index is 703. The van der Waals surface area contributed by atoms with Gasteiger partial charge in [-0.2, -0.15) is 13.2 Å². The summed E-state index contributed by atoms with van der Waals surface area (Å²) in [6.45, 7) is 7.84. The molecule has 170 valence electrons. The van der Waals surface area contributed by atoms with E-state index in [1.54, 1.807) is 11.3 Å². The number of hydrogen-bond donors (Lipinski definition) is 1. The highest BCUT2D eigenvalue weighted by Gasteiger charge is 2.44. The molecule has 3 aliphatic rings. The molecule has 1 atom stereocenters. The van der Waals surface area contributed by atoms with E-state index < -0.39 is 12.1 Å². The summed E-state index contributed by atoms with van der Waals surface area (Å²) in [4.78, 5) is 11.3. The molecule has 1 saturated carbocycles. The highest BCUT2D eigenvalue weighted by atomic mass is 32.1. The van der Waals surface area contributed by atoms with Gasteiger partial charge in [-0.25, -0.2) is 4.79 Å². The molecule has 1 spiro atoms. The molecular formula is C19H28F3N3O4S. The smallest absolute Gasteiger partial charge is 0.475 e. The van der Waals surface area contributed by atoms with Crippen molar-refractivity contribution in [3.8, 4) is 0 Å². The molecule has 7 nitrogen and oxygen atoms in total. The van der Waals surface area contributed by atoms with Gasteiger partial charge in [0.2, 0.25) is 5.13 Å². The Morgan fingerprint density at radius 2 is 1.93 bits per heavy atom. The number of carboxylic acid groups (broad SMARTS) is 1. The van der Waals surface area contributed by atoms with E-state index in [0.717, 1.165) is 55.6 Å². The van der Waals surface area contributed by atoms with E-state index in [-0.39, 0.29) is 0 Å². The quantitative estimate of drug-likeness (QED) is 0.733. The number of hydrogen-bond acceptors (Lipinski definition) is 7. The van der Waals surface area contributed by atoms with Crippen LogP contribution in [0.2, 0.25) is 0 Å². The van der Waals surface area contributed by atoms with Crippen molar-refractivity contribution < 1.29 is 32.5 Å². The summed E-state index contributed by atoms with van der Waals surface area (Å²) in [5.41, 5.74) is 0.415. The minimum atomic E-state index is -5.08. The summed E-state index contributed by atoms with van der Waals surface area (Å²) in [6.07, 6.45) is 1.29. The van der Waals surface area contributed by atoms with Crippen molar-refractivity contribution in [2.45, 2.75) is 45.2 Å². The first-order valence-corrected chi connectivity index (χ1v) is 11.0. The van der Waals surface area contributed by atoms with Gasteiger partial charge < -0.3 is 19.5 Å². The number of nitrogens with zero attached hydrogens (tertiary/aromatic N) is 3. The van der Waals surface area contributed by atoms with Crippen LogP contribution in [0.3, 0.4) is 0 Å². The lowest BCUT2D eigenvalue weighted by molar-refractivity contribution is -0.192. The van der Waals surface area contributed by atoms with Crippen LogP contribution in [0.4, 0.5) is 18.3 Å². The van der Waals surface area contributed by atoms with Gasteiger partial charge in [-0.3, -0.25) is 0 Å². The van der Waals surface area contributed by atoms with Crippen LogP contribution in [0.15, 0.2) is 0 Å². The van der Waals surface area contributed by atoms with Crippen LogP contribution in [0, 0.1) is 24.2 Å². The molecule has 1 N–H and O–H groups in total. The molecule has 0 amide bonds. The number of piperidine rings is 1. The summed E-state index contributed by atoms with van der Waals surface area (Å²) in [7, 11) is 0. The largest absolute Gasteiger partial charge is 0.490 e. The molecule has 2 saturated heterocycles. The number of rotatable bonds is 5. The van der Waals surface area contributed by atoms with Crippen molar-refractivity contribution in [1.29, 1.82) is 0 Å². The molecule has 0 aromatic carbocycles. The Labute approximate surface area is 177 Å². The van der Waals surface area contributed by atoms with Crippen LogP contribution < -0.4 is 4.90 Å². The maximum absolute atomic E-state index is 10.6. The van der Waals surface area contributed by atoms with Gasteiger partial charge in [0.25, 0.3) is 0 Å². The number of aryl methyl sites for hydroxylation is 1. The molecule has 3 fully saturated rings. The number of carboxylic acids is 1. The van der Waals surface area contributed by atoms with Crippen molar-refractivity contribution in [2.24, 2.45) is 17.3 Å². The number of alkyl halides is 3. The third-order valence-electron chi connectivity index (χ3n) is 6.09. The standard InChI is InChI=1S/C17H27N3O2S.C2HF3O2/c1-13-18-19-16(23-13)20-7-4-17(5-8-20)6-9-21-11-15(17)12-22-10-14-2-3-14;3-2(4,5)1(6)7/h14-15H,2-12H2,1H3;(H,6,7). The van der Waals surface area contributed by atoms with Crippen LogP contribution >= 0.6 is 11.3 Å². The first-order chi connectivity index (χ1) is 14.2. The monoisotopic (exact) mass is 451 g/mol. The minimum absolute atomic E-state index is 0.415. The molecule has 30 heavy (non-hydrogen) atoms. The van der Waals surface area contributed by atoms with Crippen LogP contribution in [0.25, 0.3) is 0 Å².